The Bertz CT molecular complexity index is 62.6. The molecular weight excluding hydrogens is 88.1 g/mol. The van der Waals surface area contributed by atoms with Crippen molar-refractivity contribution in [1.29, 1.82) is 0 Å². The van der Waals surface area contributed by atoms with Gasteiger partial charge in [-0.25, -0.2) is 0 Å². The lowest BCUT2D eigenvalue weighted by atomic mass is 9.93. The van der Waals surface area contributed by atoms with Crippen molar-refractivity contribution in [2.45, 2.75) is 18.5 Å². The van der Waals surface area contributed by atoms with Crippen molar-refractivity contribution >= 4 is 0 Å². The van der Waals surface area contributed by atoms with E-state index >= 15 is 0 Å². The highest BCUT2D eigenvalue weighted by Crippen LogP contribution is 2.13. The van der Waals surface area contributed by atoms with Crippen LogP contribution in [-0.2, 0) is 0 Å². The van der Waals surface area contributed by atoms with E-state index in [1.165, 1.54) is 19.5 Å². The summed E-state index contributed by atoms with van der Waals surface area (Å²) in [7, 11) is 0. The van der Waals surface area contributed by atoms with Crippen molar-refractivity contribution in [2.24, 2.45) is 0 Å². The SMILES string of the molecule is C1NCC2CC1N2. The molecule has 2 atom stereocenters. The molecule has 0 aliphatic carbocycles. The third-order valence-corrected chi connectivity index (χ3v) is 1.82. The van der Waals surface area contributed by atoms with E-state index in [2.05, 4.69) is 10.6 Å². The summed E-state index contributed by atoms with van der Waals surface area (Å²) in [5, 5.41) is 6.74. The summed E-state index contributed by atoms with van der Waals surface area (Å²) in [5.74, 6) is 0. The van der Waals surface area contributed by atoms with E-state index in [1.54, 1.807) is 0 Å². The van der Waals surface area contributed by atoms with E-state index in [0.717, 1.165) is 12.1 Å². The molecule has 2 heteroatoms. The van der Waals surface area contributed by atoms with E-state index in [1.807, 2.05) is 0 Å². The minimum atomic E-state index is 0.818. The number of rotatable bonds is 0. The van der Waals surface area contributed by atoms with Gasteiger partial charge in [-0.3, -0.25) is 0 Å². The van der Waals surface area contributed by atoms with Gasteiger partial charge in [-0.2, -0.15) is 0 Å². The Morgan fingerprint density at radius 1 is 1.14 bits per heavy atom. The Kier molecular flexibility index (Phi) is 0.664. The van der Waals surface area contributed by atoms with Crippen LogP contribution in [0.25, 0.3) is 0 Å². The van der Waals surface area contributed by atoms with Gasteiger partial charge in [-0.15, -0.1) is 0 Å². The molecule has 0 spiro atoms. The molecule has 0 aromatic heterocycles. The maximum absolute atomic E-state index is 3.42. The van der Waals surface area contributed by atoms with Crippen LogP contribution in [0, 0.1) is 0 Å². The Labute approximate surface area is 43.3 Å². The molecule has 3 heterocycles. The second kappa shape index (κ2) is 1.20. The first-order valence-corrected chi connectivity index (χ1v) is 2.92. The fourth-order valence-electron chi connectivity index (χ4n) is 1.37. The summed E-state index contributed by atoms with van der Waals surface area (Å²) in [6, 6.07) is 1.64. The standard InChI is InChI=1S/C5H10N2/c1-4-2-6-3-5(1)7-4/h4-7H,1-3H2. The highest BCUT2D eigenvalue weighted by molar-refractivity contribution is 4.95. The van der Waals surface area contributed by atoms with E-state index in [4.69, 9.17) is 0 Å². The van der Waals surface area contributed by atoms with Crippen LogP contribution >= 0.6 is 0 Å². The Morgan fingerprint density at radius 3 is 1.86 bits per heavy atom. The summed E-state index contributed by atoms with van der Waals surface area (Å²) in [5.41, 5.74) is 0. The van der Waals surface area contributed by atoms with Crippen LogP contribution in [-0.4, -0.2) is 25.2 Å². The van der Waals surface area contributed by atoms with Gasteiger partial charge in [0.05, 0.1) is 0 Å². The van der Waals surface area contributed by atoms with Crippen LogP contribution in [0.4, 0.5) is 0 Å². The highest BCUT2D eigenvalue weighted by atomic mass is 15.1. The topological polar surface area (TPSA) is 24.1 Å². The Balaban J connectivity index is 1.99. The Hall–Kier alpha value is -0.0800. The van der Waals surface area contributed by atoms with Crippen molar-refractivity contribution in [3.8, 4) is 0 Å². The number of piperazine rings is 1. The van der Waals surface area contributed by atoms with Gasteiger partial charge in [0.15, 0.2) is 0 Å². The van der Waals surface area contributed by atoms with Gasteiger partial charge >= 0.3 is 0 Å². The van der Waals surface area contributed by atoms with Crippen LogP contribution in [0.1, 0.15) is 6.42 Å². The minimum Gasteiger partial charge on any atom is -0.314 e. The second-order valence-corrected chi connectivity index (χ2v) is 2.45. The molecule has 40 valence electrons. The van der Waals surface area contributed by atoms with Crippen LogP contribution < -0.4 is 10.6 Å². The monoisotopic (exact) mass is 98.1 g/mol. The Morgan fingerprint density at radius 2 is 1.71 bits per heavy atom. The van der Waals surface area contributed by atoms with Gasteiger partial charge in [-0.05, 0) is 6.42 Å². The normalized spacial score (nSPS) is 48.0. The molecule has 2 bridgehead atoms. The molecule has 3 fully saturated rings. The van der Waals surface area contributed by atoms with E-state index in [9.17, 15) is 0 Å². The number of piperidine rings is 1. The molecule has 7 heavy (non-hydrogen) atoms. The summed E-state index contributed by atoms with van der Waals surface area (Å²) < 4.78 is 0. The molecule has 0 aromatic rings. The highest BCUT2D eigenvalue weighted by Gasteiger charge is 2.31. The van der Waals surface area contributed by atoms with Gasteiger partial charge in [-0.1, -0.05) is 0 Å². The molecule has 0 radical (unpaired) electrons. The molecule has 0 aromatic carbocycles. The number of fused-ring (bicyclic) bond motifs is 2. The third-order valence-electron chi connectivity index (χ3n) is 1.82. The minimum absolute atomic E-state index is 0.818. The quantitative estimate of drug-likeness (QED) is 0.419. The maximum atomic E-state index is 3.42. The summed E-state index contributed by atoms with van der Waals surface area (Å²) in [4.78, 5) is 0. The molecule has 2 unspecified atom stereocenters. The zero-order chi connectivity index (χ0) is 4.69. The molecule has 3 saturated heterocycles. The van der Waals surface area contributed by atoms with Crippen molar-refractivity contribution < 1.29 is 0 Å². The van der Waals surface area contributed by atoms with Crippen LogP contribution in [0.5, 0.6) is 0 Å². The molecule has 3 aliphatic rings. The van der Waals surface area contributed by atoms with Crippen molar-refractivity contribution in [2.75, 3.05) is 13.1 Å². The van der Waals surface area contributed by atoms with Crippen molar-refractivity contribution in [1.82, 2.24) is 10.6 Å². The summed E-state index contributed by atoms with van der Waals surface area (Å²) in [6.07, 6.45) is 1.41. The summed E-state index contributed by atoms with van der Waals surface area (Å²) >= 11 is 0. The number of hydrogen-bond donors (Lipinski definition) is 2. The van der Waals surface area contributed by atoms with Gasteiger partial charge in [0.2, 0.25) is 0 Å². The lowest BCUT2D eigenvalue weighted by Gasteiger charge is -2.42. The van der Waals surface area contributed by atoms with E-state index < -0.39 is 0 Å². The first-order chi connectivity index (χ1) is 3.45. The van der Waals surface area contributed by atoms with Crippen LogP contribution in [0.3, 0.4) is 0 Å². The molecule has 3 aliphatic heterocycles. The van der Waals surface area contributed by atoms with E-state index in [-0.39, 0.29) is 0 Å². The number of nitrogens with one attached hydrogen (secondary N) is 2. The third kappa shape index (κ3) is 0.469. The van der Waals surface area contributed by atoms with Gasteiger partial charge in [0.1, 0.15) is 0 Å². The molecule has 2 N–H and O–H groups in total. The fraction of sp³-hybridized carbons (Fsp3) is 1.00. The fourth-order valence-corrected chi connectivity index (χ4v) is 1.37. The molecule has 0 amide bonds. The van der Waals surface area contributed by atoms with Gasteiger partial charge in [0.25, 0.3) is 0 Å². The molecule has 3 rings (SSSR count). The van der Waals surface area contributed by atoms with E-state index in [0.29, 0.717) is 0 Å². The lowest BCUT2D eigenvalue weighted by molar-refractivity contribution is 0.201. The zero-order valence-corrected chi connectivity index (χ0v) is 4.28. The van der Waals surface area contributed by atoms with Gasteiger partial charge in [0, 0.05) is 25.2 Å². The van der Waals surface area contributed by atoms with Crippen LogP contribution in [0.2, 0.25) is 0 Å². The summed E-state index contributed by atoms with van der Waals surface area (Å²) in [6.45, 7) is 2.38. The maximum Gasteiger partial charge on any atom is 0.0210 e. The average Bonchev–Trinajstić information content (AvgIpc) is 1.67. The second-order valence-electron chi connectivity index (χ2n) is 2.45. The molecule has 0 saturated carbocycles. The largest absolute Gasteiger partial charge is 0.314 e. The first-order valence-electron chi connectivity index (χ1n) is 2.92. The number of hydrogen-bond acceptors (Lipinski definition) is 2. The predicted octanol–water partition coefficient (Wildman–Crippen LogP) is -0.680. The smallest absolute Gasteiger partial charge is 0.0210 e. The molecule has 2 nitrogen and oxygen atoms in total. The van der Waals surface area contributed by atoms with Crippen LogP contribution in [0.15, 0.2) is 0 Å². The van der Waals surface area contributed by atoms with Gasteiger partial charge < -0.3 is 10.6 Å². The first kappa shape index (κ1) is 3.87. The zero-order valence-electron chi connectivity index (χ0n) is 4.28. The van der Waals surface area contributed by atoms with Crippen molar-refractivity contribution in [3.05, 3.63) is 0 Å². The average molecular weight is 98.1 g/mol. The molecular formula is C5H10N2. The predicted molar refractivity (Wildman–Crippen MR) is 28.2 cm³/mol. The van der Waals surface area contributed by atoms with Crippen molar-refractivity contribution in [3.63, 3.8) is 0 Å². The lowest BCUT2D eigenvalue weighted by Crippen LogP contribution is -2.65.